The maximum absolute atomic E-state index is 6.02. The molecular formula is C13H13NS. The van der Waals surface area contributed by atoms with Crippen LogP contribution in [0.2, 0.25) is 0 Å². The molecule has 0 aromatic heterocycles. The summed E-state index contributed by atoms with van der Waals surface area (Å²) in [5.41, 5.74) is 9.13. The first kappa shape index (κ1) is 10.1. The van der Waals surface area contributed by atoms with Gasteiger partial charge in [0.1, 0.15) is 0 Å². The van der Waals surface area contributed by atoms with Gasteiger partial charge in [-0.05, 0) is 24.0 Å². The van der Waals surface area contributed by atoms with E-state index in [0.29, 0.717) is 0 Å². The van der Waals surface area contributed by atoms with Crippen molar-refractivity contribution in [2.24, 2.45) is 0 Å². The zero-order valence-corrected chi connectivity index (χ0v) is 9.42. The van der Waals surface area contributed by atoms with E-state index in [1.54, 1.807) is 11.8 Å². The van der Waals surface area contributed by atoms with Crippen molar-refractivity contribution in [2.45, 2.75) is 4.90 Å². The molecule has 0 saturated heterocycles. The minimum Gasteiger partial charge on any atom is -0.398 e. The fourth-order valence-electron chi connectivity index (χ4n) is 1.55. The van der Waals surface area contributed by atoms with Gasteiger partial charge < -0.3 is 5.73 Å². The summed E-state index contributed by atoms with van der Waals surface area (Å²) in [6.07, 6.45) is 2.05. The molecule has 0 bridgehead atoms. The molecule has 0 radical (unpaired) electrons. The number of rotatable bonds is 2. The molecule has 2 rings (SSSR count). The van der Waals surface area contributed by atoms with Crippen LogP contribution >= 0.6 is 11.8 Å². The van der Waals surface area contributed by atoms with Crippen LogP contribution in [0.4, 0.5) is 5.69 Å². The third kappa shape index (κ3) is 2.16. The number of anilines is 1. The summed E-state index contributed by atoms with van der Waals surface area (Å²) in [5.74, 6) is 0. The van der Waals surface area contributed by atoms with Crippen molar-refractivity contribution in [3.8, 4) is 11.1 Å². The molecular weight excluding hydrogens is 202 g/mol. The van der Waals surface area contributed by atoms with Crippen molar-refractivity contribution >= 4 is 17.4 Å². The minimum absolute atomic E-state index is 0.841. The maximum Gasteiger partial charge on any atom is 0.0404 e. The fourth-order valence-corrected chi connectivity index (χ4v) is 2.00. The summed E-state index contributed by atoms with van der Waals surface area (Å²) < 4.78 is 0. The monoisotopic (exact) mass is 215 g/mol. The lowest BCUT2D eigenvalue weighted by molar-refractivity contribution is 1.46. The van der Waals surface area contributed by atoms with Crippen LogP contribution < -0.4 is 5.73 Å². The van der Waals surface area contributed by atoms with Crippen LogP contribution in [-0.2, 0) is 0 Å². The van der Waals surface area contributed by atoms with Crippen LogP contribution in [0.25, 0.3) is 11.1 Å². The minimum atomic E-state index is 0.841. The molecule has 0 aliphatic carbocycles. The second kappa shape index (κ2) is 4.41. The summed E-state index contributed by atoms with van der Waals surface area (Å²) >= 11 is 1.71. The molecule has 76 valence electrons. The Kier molecular flexibility index (Phi) is 2.97. The summed E-state index contributed by atoms with van der Waals surface area (Å²) in [6.45, 7) is 0. The van der Waals surface area contributed by atoms with Gasteiger partial charge in [0.2, 0.25) is 0 Å². The first-order valence-corrected chi connectivity index (χ1v) is 6.02. The van der Waals surface area contributed by atoms with E-state index in [9.17, 15) is 0 Å². The van der Waals surface area contributed by atoms with Gasteiger partial charge in [0, 0.05) is 16.1 Å². The van der Waals surface area contributed by atoms with Gasteiger partial charge in [-0.3, -0.25) is 0 Å². The molecule has 0 aliphatic heterocycles. The highest BCUT2D eigenvalue weighted by Gasteiger charge is 2.02. The van der Waals surface area contributed by atoms with E-state index >= 15 is 0 Å². The molecule has 15 heavy (non-hydrogen) atoms. The Bertz CT molecular complexity index is 451. The largest absolute Gasteiger partial charge is 0.398 e. The molecule has 1 nitrogen and oxygen atoms in total. The van der Waals surface area contributed by atoms with Crippen molar-refractivity contribution < 1.29 is 0 Å². The smallest absolute Gasteiger partial charge is 0.0404 e. The number of hydrogen-bond acceptors (Lipinski definition) is 2. The van der Waals surface area contributed by atoms with Crippen molar-refractivity contribution in [1.82, 2.24) is 0 Å². The van der Waals surface area contributed by atoms with Crippen molar-refractivity contribution in [2.75, 3.05) is 12.0 Å². The Morgan fingerprint density at radius 3 is 2.33 bits per heavy atom. The Hall–Kier alpha value is -1.41. The quantitative estimate of drug-likeness (QED) is 0.611. The van der Waals surface area contributed by atoms with E-state index < -0.39 is 0 Å². The van der Waals surface area contributed by atoms with E-state index in [1.165, 1.54) is 10.5 Å². The summed E-state index contributed by atoms with van der Waals surface area (Å²) in [6, 6.07) is 16.4. The topological polar surface area (TPSA) is 26.0 Å². The number of benzene rings is 2. The third-order valence-corrected chi connectivity index (χ3v) is 3.07. The van der Waals surface area contributed by atoms with Gasteiger partial charge in [-0.1, -0.05) is 36.4 Å². The van der Waals surface area contributed by atoms with Crippen LogP contribution in [0, 0.1) is 0 Å². The zero-order valence-electron chi connectivity index (χ0n) is 8.60. The second-order valence-corrected chi connectivity index (χ2v) is 4.20. The average molecular weight is 215 g/mol. The van der Waals surface area contributed by atoms with Crippen LogP contribution in [0.5, 0.6) is 0 Å². The van der Waals surface area contributed by atoms with Crippen LogP contribution in [0.15, 0.2) is 53.4 Å². The predicted octanol–water partition coefficient (Wildman–Crippen LogP) is 3.66. The van der Waals surface area contributed by atoms with Crippen molar-refractivity contribution in [3.05, 3.63) is 48.5 Å². The molecule has 0 unspecified atom stereocenters. The first-order valence-electron chi connectivity index (χ1n) is 4.80. The number of hydrogen-bond donors (Lipinski definition) is 1. The fraction of sp³-hybridized carbons (Fsp3) is 0.0769. The number of thioether (sulfide) groups is 1. The highest BCUT2D eigenvalue weighted by molar-refractivity contribution is 7.98. The van der Waals surface area contributed by atoms with Crippen LogP contribution in [0.3, 0.4) is 0 Å². The van der Waals surface area contributed by atoms with Gasteiger partial charge in [-0.25, -0.2) is 0 Å². The van der Waals surface area contributed by atoms with E-state index in [1.807, 2.05) is 24.3 Å². The average Bonchev–Trinajstić information content (AvgIpc) is 2.30. The molecule has 0 saturated carbocycles. The number of nitrogen functional groups attached to an aromatic ring is 1. The van der Waals surface area contributed by atoms with Gasteiger partial charge in [-0.15, -0.1) is 11.8 Å². The third-order valence-electron chi connectivity index (χ3n) is 2.34. The van der Waals surface area contributed by atoms with Gasteiger partial charge in [0.25, 0.3) is 0 Å². The van der Waals surface area contributed by atoms with Crippen molar-refractivity contribution in [1.29, 1.82) is 0 Å². The Balaban J connectivity index is 2.46. The molecule has 0 spiro atoms. The van der Waals surface area contributed by atoms with Crippen LogP contribution in [0.1, 0.15) is 0 Å². The predicted molar refractivity (Wildman–Crippen MR) is 68.1 cm³/mol. The SMILES string of the molecule is CSc1ccc(-c2ccccc2)c(N)c1. The molecule has 2 N–H and O–H groups in total. The normalized spacial score (nSPS) is 10.2. The van der Waals surface area contributed by atoms with E-state index in [2.05, 4.69) is 30.5 Å². The van der Waals surface area contributed by atoms with E-state index in [4.69, 9.17) is 5.73 Å². The van der Waals surface area contributed by atoms with Gasteiger partial charge in [-0.2, -0.15) is 0 Å². The van der Waals surface area contributed by atoms with Gasteiger partial charge >= 0.3 is 0 Å². The molecule has 0 atom stereocenters. The highest BCUT2D eigenvalue weighted by Crippen LogP contribution is 2.29. The molecule has 0 heterocycles. The second-order valence-electron chi connectivity index (χ2n) is 3.32. The molecule has 0 fully saturated rings. The first-order chi connectivity index (χ1) is 7.31. The highest BCUT2D eigenvalue weighted by atomic mass is 32.2. The number of nitrogens with two attached hydrogens (primary N) is 1. The van der Waals surface area contributed by atoms with Gasteiger partial charge in [0.05, 0.1) is 0 Å². The summed E-state index contributed by atoms with van der Waals surface area (Å²) in [5, 5.41) is 0. The summed E-state index contributed by atoms with van der Waals surface area (Å²) in [7, 11) is 0. The lowest BCUT2D eigenvalue weighted by Crippen LogP contribution is -1.90. The molecule has 2 aromatic carbocycles. The molecule has 2 heteroatoms. The maximum atomic E-state index is 6.02. The Morgan fingerprint density at radius 1 is 1.00 bits per heavy atom. The Labute approximate surface area is 94.3 Å². The lowest BCUT2D eigenvalue weighted by Gasteiger charge is -2.07. The van der Waals surface area contributed by atoms with E-state index in [0.717, 1.165) is 11.3 Å². The standard InChI is InChI=1S/C13H13NS/c1-15-11-7-8-12(13(14)9-11)10-5-3-2-4-6-10/h2-9H,14H2,1H3. The lowest BCUT2D eigenvalue weighted by atomic mass is 10.0. The van der Waals surface area contributed by atoms with E-state index in [-0.39, 0.29) is 0 Å². The molecule has 2 aromatic rings. The van der Waals surface area contributed by atoms with Crippen LogP contribution in [-0.4, -0.2) is 6.26 Å². The van der Waals surface area contributed by atoms with Gasteiger partial charge in [0.15, 0.2) is 0 Å². The van der Waals surface area contributed by atoms with Crippen molar-refractivity contribution in [3.63, 3.8) is 0 Å². The summed E-state index contributed by atoms with van der Waals surface area (Å²) in [4.78, 5) is 1.20. The molecule has 0 amide bonds. The zero-order chi connectivity index (χ0) is 10.7. The Morgan fingerprint density at radius 2 is 1.73 bits per heavy atom. The molecule has 0 aliphatic rings.